The molecule has 0 amide bonds. The molecule has 0 aromatic rings. The van der Waals surface area contributed by atoms with E-state index in [2.05, 4.69) is 13.8 Å². The SMILES string of the molecule is CCCCCCOC(=O)C1=CC=CC(C)C=C1C(=O)OCCCCCC. The number of carbonyl (C=O) groups excluding carboxylic acids is 2. The molecule has 0 aromatic heterocycles. The summed E-state index contributed by atoms with van der Waals surface area (Å²) in [5.74, 6) is -0.829. The Bertz CT molecular complexity index is 528. The van der Waals surface area contributed by atoms with Crippen molar-refractivity contribution in [2.24, 2.45) is 5.92 Å². The zero-order valence-electron chi connectivity index (χ0n) is 16.6. The van der Waals surface area contributed by atoms with Gasteiger partial charge < -0.3 is 9.47 Å². The lowest BCUT2D eigenvalue weighted by Gasteiger charge is -2.12. The van der Waals surface area contributed by atoms with E-state index in [4.69, 9.17) is 9.47 Å². The molecule has 0 saturated heterocycles. The van der Waals surface area contributed by atoms with Crippen LogP contribution in [-0.2, 0) is 19.1 Å². The summed E-state index contributed by atoms with van der Waals surface area (Å²) in [5.41, 5.74) is 0.608. The Morgan fingerprint density at radius 1 is 0.846 bits per heavy atom. The van der Waals surface area contributed by atoms with E-state index in [0.717, 1.165) is 51.4 Å². The van der Waals surface area contributed by atoms with Gasteiger partial charge in [0.25, 0.3) is 0 Å². The Kier molecular flexibility index (Phi) is 11.4. The summed E-state index contributed by atoms with van der Waals surface area (Å²) in [6.45, 7) is 7.02. The van der Waals surface area contributed by atoms with Crippen molar-refractivity contribution in [2.45, 2.75) is 72.1 Å². The lowest BCUT2D eigenvalue weighted by atomic mass is 10.0. The van der Waals surface area contributed by atoms with Crippen LogP contribution in [0.4, 0.5) is 0 Å². The lowest BCUT2D eigenvalue weighted by Crippen LogP contribution is -2.18. The minimum Gasteiger partial charge on any atom is -0.462 e. The van der Waals surface area contributed by atoms with Gasteiger partial charge in [-0.05, 0) is 24.8 Å². The van der Waals surface area contributed by atoms with Gasteiger partial charge in [-0.15, -0.1) is 0 Å². The second-order valence-corrected chi connectivity index (χ2v) is 6.80. The number of rotatable bonds is 12. The van der Waals surface area contributed by atoms with E-state index in [1.54, 1.807) is 18.2 Å². The van der Waals surface area contributed by atoms with Crippen LogP contribution in [0.25, 0.3) is 0 Å². The smallest absolute Gasteiger partial charge is 0.338 e. The monoisotopic (exact) mass is 362 g/mol. The third-order valence-electron chi connectivity index (χ3n) is 4.30. The average molecular weight is 363 g/mol. The Morgan fingerprint density at radius 3 is 1.92 bits per heavy atom. The molecule has 26 heavy (non-hydrogen) atoms. The number of esters is 2. The van der Waals surface area contributed by atoms with Crippen LogP contribution < -0.4 is 0 Å². The first kappa shape index (κ1) is 22.2. The maximum Gasteiger partial charge on any atom is 0.338 e. The molecule has 0 aliphatic heterocycles. The number of hydrogen-bond acceptors (Lipinski definition) is 4. The first-order chi connectivity index (χ1) is 12.6. The summed E-state index contributed by atoms with van der Waals surface area (Å²) in [6, 6.07) is 0. The standard InChI is InChI=1S/C22H34O4/c1-4-6-8-10-15-25-21(23)19-14-12-13-18(3)17-20(19)22(24)26-16-11-9-7-5-2/h12-14,17-18H,4-11,15-16H2,1-3H3. The Labute approximate surface area is 158 Å². The average Bonchev–Trinajstić information content (AvgIpc) is 2.82. The van der Waals surface area contributed by atoms with Gasteiger partial charge >= 0.3 is 11.9 Å². The number of ether oxygens (including phenoxy) is 2. The predicted octanol–water partition coefficient (Wildman–Crippen LogP) is 5.29. The summed E-state index contributed by atoms with van der Waals surface area (Å²) in [7, 11) is 0. The van der Waals surface area contributed by atoms with Crippen molar-refractivity contribution in [3.63, 3.8) is 0 Å². The van der Waals surface area contributed by atoms with Crippen molar-refractivity contribution in [1.29, 1.82) is 0 Å². The van der Waals surface area contributed by atoms with Gasteiger partial charge in [-0.3, -0.25) is 0 Å². The molecule has 1 atom stereocenters. The van der Waals surface area contributed by atoms with Crippen LogP contribution in [0.3, 0.4) is 0 Å². The molecular weight excluding hydrogens is 328 g/mol. The summed E-state index contributed by atoms with van der Waals surface area (Å²) in [6.07, 6.45) is 15.5. The summed E-state index contributed by atoms with van der Waals surface area (Å²) in [4.78, 5) is 24.9. The number of allylic oxidation sites excluding steroid dienone is 4. The highest BCUT2D eigenvalue weighted by Gasteiger charge is 2.24. The zero-order valence-corrected chi connectivity index (χ0v) is 16.6. The van der Waals surface area contributed by atoms with Crippen LogP contribution >= 0.6 is 0 Å². The summed E-state index contributed by atoms with van der Waals surface area (Å²) < 4.78 is 10.8. The van der Waals surface area contributed by atoms with Crippen LogP contribution in [0.5, 0.6) is 0 Å². The predicted molar refractivity (Wildman–Crippen MR) is 105 cm³/mol. The quantitative estimate of drug-likeness (QED) is 0.349. The first-order valence-corrected chi connectivity index (χ1v) is 10.0. The van der Waals surface area contributed by atoms with E-state index >= 15 is 0 Å². The fourth-order valence-electron chi connectivity index (χ4n) is 2.72. The molecule has 4 nitrogen and oxygen atoms in total. The molecule has 1 unspecified atom stereocenters. The Balaban J connectivity index is 2.63. The van der Waals surface area contributed by atoms with Gasteiger partial charge in [0.15, 0.2) is 0 Å². The highest BCUT2D eigenvalue weighted by molar-refractivity contribution is 6.07. The van der Waals surface area contributed by atoms with Crippen molar-refractivity contribution in [2.75, 3.05) is 13.2 Å². The first-order valence-electron chi connectivity index (χ1n) is 10.0. The fraction of sp³-hybridized carbons (Fsp3) is 0.636. The van der Waals surface area contributed by atoms with Gasteiger partial charge in [-0.25, -0.2) is 9.59 Å². The fourth-order valence-corrected chi connectivity index (χ4v) is 2.72. The van der Waals surface area contributed by atoms with Gasteiger partial charge in [0.2, 0.25) is 0 Å². The molecule has 1 rings (SSSR count). The summed E-state index contributed by atoms with van der Waals surface area (Å²) in [5, 5.41) is 0. The largest absolute Gasteiger partial charge is 0.462 e. The minimum absolute atomic E-state index is 0.0590. The van der Waals surface area contributed by atoms with Crippen molar-refractivity contribution in [3.05, 3.63) is 35.5 Å². The topological polar surface area (TPSA) is 52.6 Å². The normalized spacial score (nSPS) is 16.5. The van der Waals surface area contributed by atoms with Crippen LogP contribution in [0.2, 0.25) is 0 Å². The van der Waals surface area contributed by atoms with Gasteiger partial charge in [-0.1, -0.05) is 77.5 Å². The molecule has 0 saturated carbocycles. The van der Waals surface area contributed by atoms with Crippen molar-refractivity contribution in [1.82, 2.24) is 0 Å². The highest BCUT2D eigenvalue weighted by atomic mass is 16.5. The van der Waals surface area contributed by atoms with Crippen LogP contribution in [0.15, 0.2) is 35.5 Å². The van der Waals surface area contributed by atoms with E-state index in [9.17, 15) is 9.59 Å². The van der Waals surface area contributed by atoms with E-state index in [-0.39, 0.29) is 5.92 Å². The molecule has 0 aromatic carbocycles. The molecule has 4 heteroatoms. The molecular formula is C22H34O4. The van der Waals surface area contributed by atoms with Crippen LogP contribution in [-0.4, -0.2) is 25.2 Å². The molecule has 0 heterocycles. The molecule has 0 radical (unpaired) electrons. The molecule has 0 bridgehead atoms. The van der Waals surface area contributed by atoms with E-state index in [1.807, 2.05) is 13.0 Å². The lowest BCUT2D eigenvalue weighted by molar-refractivity contribution is -0.142. The molecule has 0 fully saturated rings. The summed E-state index contributed by atoms with van der Waals surface area (Å²) >= 11 is 0. The third-order valence-corrected chi connectivity index (χ3v) is 4.30. The number of unbranched alkanes of at least 4 members (excludes halogenated alkanes) is 6. The zero-order chi connectivity index (χ0) is 19.2. The van der Waals surface area contributed by atoms with Gasteiger partial charge in [0, 0.05) is 0 Å². The maximum absolute atomic E-state index is 12.5. The van der Waals surface area contributed by atoms with E-state index in [1.165, 1.54) is 0 Å². The molecule has 0 spiro atoms. The molecule has 1 aliphatic rings. The number of hydrogen-bond donors (Lipinski definition) is 0. The van der Waals surface area contributed by atoms with Crippen molar-refractivity contribution in [3.8, 4) is 0 Å². The third kappa shape index (κ3) is 8.50. The molecule has 1 aliphatic carbocycles. The second kappa shape index (κ2) is 13.4. The van der Waals surface area contributed by atoms with Gasteiger partial charge in [0.1, 0.15) is 0 Å². The Morgan fingerprint density at radius 2 is 1.38 bits per heavy atom. The van der Waals surface area contributed by atoms with E-state index in [0.29, 0.717) is 24.4 Å². The number of carbonyl (C=O) groups is 2. The Hall–Kier alpha value is -1.84. The molecule has 146 valence electrons. The van der Waals surface area contributed by atoms with Crippen LogP contribution in [0, 0.1) is 5.92 Å². The van der Waals surface area contributed by atoms with Gasteiger partial charge in [0.05, 0.1) is 24.4 Å². The minimum atomic E-state index is -0.450. The van der Waals surface area contributed by atoms with E-state index < -0.39 is 11.9 Å². The molecule has 0 N–H and O–H groups in total. The van der Waals surface area contributed by atoms with Crippen molar-refractivity contribution < 1.29 is 19.1 Å². The van der Waals surface area contributed by atoms with Gasteiger partial charge in [-0.2, -0.15) is 0 Å². The van der Waals surface area contributed by atoms with Crippen LogP contribution in [0.1, 0.15) is 72.1 Å². The van der Waals surface area contributed by atoms with Crippen molar-refractivity contribution >= 4 is 11.9 Å². The maximum atomic E-state index is 12.5. The highest BCUT2D eigenvalue weighted by Crippen LogP contribution is 2.21. The second-order valence-electron chi connectivity index (χ2n) is 6.80.